The molecule has 1 fully saturated rings. The molecule has 1 heterocycles. The molecule has 1 aromatic carbocycles. The first-order chi connectivity index (χ1) is 9.22. The van der Waals surface area contributed by atoms with Crippen molar-refractivity contribution in [3.05, 3.63) is 28.8 Å². The molecule has 1 aliphatic heterocycles. The maximum Gasteiger partial charge on any atom is 0.150 e. The van der Waals surface area contributed by atoms with Crippen molar-refractivity contribution in [3.63, 3.8) is 0 Å². The quantitative estimate of drug-likeness (QED) is 0.864. The normalized spacial score (nSPS) is 14.6. The molecular weight excluding hydrogens is 264 g/mol. The number of carbonyl (C=O) groups excluding carboxylic acids is 1. The van der Waals surface area contributed by atoms with Gasteiger partial charge in [-0.3, -0.25) is 4.79 Å². The largest absolute Gasteiger partial charge is 0.385 e. The lowest BCUT2D eigenvalue weighted by molar-refractivity contribution is 0.112. The number of anilines is 1. The minimum atomic E-state index is 0.624. The van der Waals surface area contributed by atoms with Crippen LogP contribution in [0.15, 0.2) is 18.2 Å². The first kappa shape index (κ1) is 16.0. The lowest BCUT2D eigenvalue weighted by atomic mass is 10.2. The second-order valence-corrected chi connectivity index (χ2v) is 4.55. The van der Waals surface area contributed by atoms with Crippen LogP contribution in [-0.2, 0) is 4.74 Å². The summed E-state index contributed by atoms with van der Waals surface area (Å²) >= 11 is 6.12. The lowest BCUT2D eigenvalue weighted by Gasteiger charge is -2.30. The molecule has 106 valence electrons. The Morgan fingerprint density at radius 2 is 2.05 bits per heavy atom. The van der Waals surface area contributed by atoms with Crippen LogP contribution < -0.4 is 10.2 Å². The molecule has 19 heavy (non-hydrogen) atoms. The van der Waals surface area contributed by atoms with Gasteiger partial charge in [-0.1, -0.05) is 11.6 Å². The first-order valence-corrected chi connectivity index (χ1v) is 6.80. The molecule has 1 aliphatic rings. The van der Waals surface area contributed by atoms with Crippen molar-refractivity contribution in [3.8, 4) is 0 Å². The number of aldehydes is 1. The van der Waals surface area contributed by atoms with Crippen LogP contribution >= 0.6 is 11.6 Å². The van der Waals surface area contributed by atoms with Crippen LogP contribution in [0.2, 0.25) is 5.02 Å². The third-order valence-electron chi connectivity index (χ3n) is 2.85. The van der Waals surface area contributed by atoms with E-state index in [1.807, 2.05) is 13.0 Å². The van der Waals surface area contributed by atoms with Crippen LogP contribution in [0.5, 0.6) is 0 Å². The number of rotatable bonds is 3. The summed E-state index contributed by atoms with van der Waals surface area (Å²) in [6.07, 6.45) is 0.813. The lowest BCUT2D eigenvalue weighted by Crippen LogP contribution is -2.43. The molecule has 4 nitrogen and oxygen atoms in total. The van der Waals surface area contributed by atoms with E-state index in [0.717, 1.165) is 44.8 Å². The zero-order chi connectivity index (χ0) is 14.1. The van der Waals surface area contributed by atoms with E-state index in [0.29, 0.717) is 10.6 Å². The van der Waals surface area contributed by atoms with Crippen LogP contribution in [0, 0.1) is 0 Å². The highest BCUT2D eigenvalue weighted by molar-refractivity contribution is 6.33. The standard InChI is InChI=1S/C11H13ClN2O.C3H8O/c12-10-7-9(8-15)1-2-11(10)14-5-3-13-4-6-14;1-3-4-2/h1-2,7-8,13H,3-6H2;3H2,1-2H3. The molecule has 0 bridgehead atoms. The molecule has 0 radical (unpaired) electrons. The number of nitrogens with one attached hydrogen (secondary N) is 1. The topological polar surface area (TPSA) is 41.6 Å². The van der Waals surface area contributed by atoms with Gasteiger partial charge in [-0.25, -0.2) is 0 Å². The van der Waals surface area contributed by atoms with Crippen molar-refractivity contribution >= 4 is 23.6 Å². The smallest absolute Gasteiger partial charge is 0.150 e. The second kappa shape index (κ2) is 8.91. The Labute approximate surface area is 119 Å². The molecule has 0 aromatic heterocycles. The van der Waals surface area contributed by atoms with Gasteiger partial charge >= 0.3 is 0 Å². The van der Waals surface area contributed by atoms with Crippen LogP contribution in [-0.4, -0.2) is 46.2 Å². The number of carbonyl (C=O) groups is 1. The molecule has 1 aromatic rings. The van der Waals surface area contributed by atoms with Crippen molar-refractivity contribution in [2.45, 2.75) is 6.92 Å². The summed E-state index contributed by atoms with van der Waals surface area (Å²) in [5, 5.41) is 3.94. The van der Waals surface area contributed by atoms with E-state index in [9.17, 15) is 4.79 Å². The molecule has 5 heteroatoms. The fourth-order valence-corrected chi connectivity index (χ4v) is 2.07. The van der Waals surface area contributed by atoms with Gasteiger partial charge in [-0.2, -0.15) is 0 Å². The van der Waals surface area contributed by atoms with Gasteiger partial charge in [0.15, 0.2) is 0 Å². The fourth-order valence-electron chi connectivity index (χ4n) is 1.76. The maximum absolute atomic E-state index is 10.6. The van der Waals surface area contributed by atoms with E-state index in [1.54, 1.807) is 19.2 Å². The predicted molar refractivity (Wildman–Crippen MR) is 79.5 cm³/mol. The van der Waals surface area contributed by atoms with Gasteiger partial charge in [0.25, 0.3) is 0 Å². The van der Waals surface area contributed by atoms with Gasteiger partial charge in [0.05, 0.1) is 10.7 Å². The summed E-state index contributed by atoms with van der Waals surface area (Å²) in [6, 6.07) is 5.43. The van der Waals surface area contributed by atoms with Gasteiger partial charge in [0, 0.05) is 45.5 Å². The van der Waals surface area contributed by atoms with Crippen molar-refractivity contribution in [1.82, 2.24) is 5.32 Å². The van der Waals surface area contributed by atoms with Crippen molar-refractivity contribution in [1.29, 1.82) is 0 Å². The summed E-state index contributed by atoms with van der Waals surface area (Å²) in [4.78, 5) is 12.8. The van der Waals surface area contributed by atoms with E-state index in [-0.39, 0.29) is 0 Å². The Morgan fingerprint density at radius 1 is 1.42 bits per heavy atom. The Kier molecular flexibility index (Phi) is 7.48. The number of halogens is 1. The van der Waals surface area contributed by atoms with E-state index in [1.165, 1.54) is 0 Å². The highest BCUT2D eigenvalue weighted by atomic mass is 35.5. The number of hydrogen-bond donors (Lipinski definition) is 1. The second-order valence-electron chi connectivity index (χ2n) is 4.14. The monoisotopic (exact) mass is 284 g/mol. The summed E-state index contributed by atoms with van der Waals surface area (Å²) in [7, 11) is 1.68. The summed E-state index contributed by atoms with van der Waals surface area (Å²) in [5.74, 6) is 0. The molecule has 0 spiro atoms. The number of benzene rings is 1. The number of methoxy groups -OCH3 is 1. The van der Waals surface area contributed by atoms with E-state index >= 15 is 0 Å². The van der Waals surface area contributed by atoms with Crippen LogP contribution in [0.1, 0.15) is 17.3 Å². The Morgan fingerprint density at radius 3 is 2.53 bits per heavy atom. The molecule has 0 aliphatic carbocycles. The predicted octanol–water partition coefficient (Wildman–Crippen LogP) is 2.21. The minimum Gasteiger partial charge on any atom is -0.385 e. The molecule has 0 atom stereocenters. The summed E-state index contributed by atoms with van der Waals surface area (Å²) < 4.78 is 4.54. The Balaban J connectivity index is 0.000000399. The van der Waals surface area contributed by atoms with Gasteiger partial charge in [-0.05, 0) is 25.1 Å². The number of hydrogen-bond acceptors (Lipinski definition) is 4. The average molecular weight is 285 g/mol. The Hall–Kier alpha value is -1.10. The molecule has 0 amide bonds. The molecule has 2 rings (SSSR count). The molecule has 0 saturated carbocycles. The third-order valence-corrected chi connectivity index (χ3v) is 3.16. The Bertz CT molecular complexity index is 391. The summed E-state index contributed by atoms with van der Waals surface area (Å²) in [6.45, 7) is 6.65. The molecular formula is C14H21ClN2O2. The highest BCUT2D eigenvalue weighted by Gasteiger charge is 2.13. The molecule has 1 saturated heterocycles. The SMILES string of the molecule is CCOC.O=Cc1ccc(N2CCNCC2)c(Cl)c1. The van der Waals surface area contributed by atoms with Crippen molar-refractivity contribution in [2.24, 2.45) is 0 Å². The minimum absolute atomic E-state index is 0.624. The van der Waals surface area contributed by atoms with Gasteiger partial charge in [0.1, 0.15) is 6.29 Å². The number of nitrogens with zero attached hydrogens (tertiary/aromatic N) is 1. The molecule has 0 unspecified atom stereocenters. The highest BCUT2D eigenvalue weighted by Crippen LogP contribution is 2.26. The average Bonchev–Trinajstić information content (AvgIpc) is 2.48. The maximum atomic E-state index is 10.6. The zero-order valence-electron chi connectivity index (χ0n) is 11.5. The van der Waals surface area contributed by atoms with Gasteiger partial charge in [0.2, 0.25) is 0 Å². The first-order valence-electron chi connectivity index (χ1n) is 6.42. The number of ether oxygens (including phenoxy) is 1. The van der Waals surface area contributed by atoms with Crippen molar-refractivity contribution < 1.29 is 9.53 Å². The van der Waals surface area contributed by atoms with Crippen LogP contribution in [0.25, 0.3) is 0 Å². The van der Waals surface area contributed by atoms with E-state index < -0.39 is 0 Å². The van der Waals surface area contributed by atoms with Crippen LogP contribution in [0.4, 0.5) is 5.69 Å². The fraction of sp³-hybridized carbons (Fsp3) is 0.500. The van der Waals surface area contributed by atoms with E-state index in [2.05, 4.69) is 15.0 Å². The van der Waals surface area contributed by atoms with Crippen molar-refractivity contribution in [2.75, 3.05) is 44.8 Å². The van der Waals surface area contributed by atoms with Gasteiger partial charge in [-0.15, -0.1) is 0 Å². The van der Waals surface area contributed by atoms with E-state index in [4.69, 9.17) is 11.6 Å². The number of piperazine rings is 1. The van der Waals surface area contributed by atoms with Gasteiger partial charge < -0.3 is 15.0 Å². The van der Waals surface area contributed by atoms with Crippen LogP contribution in [0.3, 0.4) is 0 Å². The zero-order valence-corrected chi connectivity index (χ0v) is 12.2. The third kappa shape index (κ3) is 5.19. The molecule has 1 N–H and O–H groups in total. The summed E-state index contributed by atoms with van der Waals surface area (Å²) in [5.41, 5.74) is 1.64.